The highest BCUT2D eigenvalue weighted by Crippen LogP contribution is 2.25. The van der Waals surface area contributed by atoms with Crippen molar-refractivity contribution in [2.24, 2.45) is 7.05 Å². The molecule has 0 aliphatic carbocycles. The number of carbonyl (C=O) groups is 1. The molecule has 1 amide bonds. The van der Waals surface area contributed by atoms with E-state index >= 15 is 0 Å². The quantitative estimate of drug-likeness (QED) is 0.532. The van der Waals surface area contributed by atoms with Gasteiger partial charge in [0.1, 0.15) is 0 Å². The second kappa shape index (κ2) is 7.73. The smallest absolute Gasteiger partial charge is 0.232 e. The Bertz CT molecular complexity index is 1060. The van der Waals surface area contributed by atoms with E-state index in [0.29, 0.717) is 6.54 Å². The Labute approximate surface area is 165 Å². The summed E-state index contributed by atoms with van der Waals surface area (Å²) in [6.07, 6.45) is 0. The third-order valence-corrected chi connectivity index (χ3v) is 5.34. The van der Waals surface area contributed by atoms with E-state index in [1.807, 2.05) is 60.7 Å². The average Bonchev–Trinajstić information content (AvgIpc) is 3.01. The van der Waals surface area contributed by atoms with Gasteiger partial charge in [-0.2, -0.15) is 0 Å². The SMILES string of the molecule is Cc1cc2cc(CNC(=O)C(c3ccccc3)c3ccccc3)ccc2n1C. The van der Waals surface area contributed by atoms with E-state index < -0.39 is 0 Å². The first-order chi connectivity index (χ1) is 13.6. The number of nitrogens with zero attached hydrogens (tertiary/aromatic N) is 1. The Morgan fingerprint density at radius 1 is 0.893 bits per heavy atom. The average molecular weight is 368 g/mol. The van der Waals surface area contributed by atoms with Gasteiger partial charge in [-0.25, -0.2) is 0 Å². The van der Waals surface area contributed by atoms with Crippen LogP contribution in [0.5, 0.6) is 0 Å². The molecule has 28 heavy (non-hydrogen) atoms. The second-order valence-corrected chi connectivity index (χ2v) is 7.21. The molecule has 0 spiro atoms. The number of carbonyl (C=O) groups excluding carboxylic acids is 1. The largest absolute Gasteiger partial charge is 0.351 e. The molecule has 1 N–H and O–H groups in total. The van der Waals surface area contributed by atoms with Gasteiger partial charge < -0.3 is 9.88 Å². The Kier molecular flexibility index (Phi) is 4.98. The maximum Gasteiger partial charge on any atom is 0.232 e. The summed E-state index contributed by atoms with van der Waals surface area (Å²) in [5.41, 5.74) is 5.54. The first-order valence-corrected chi connectivity index (χ1v) is 9.56. The summed E-state index contributed by atoms with van der Waals surface area (Å²) in [5, 5.41) is 4.34. The van der Waals surface area contributed by atoms with Crippen LogP contribution in [0.3, 0.4) is 0 Å². The molecule has 0 unspecified atom stereocenters. The summed E-state index contributed by atoms with van der Waals surface area (Å²) in [6.45, 7) is 2.62. The fourth-order valence-corrected chi connectivity index (χ4v) is 3.72. The van der Waals surface area contributed by atoms with Gasteiger partial charge in [-0.15, -0.1) is 0 Å². The minimum atomic E-state index is -0.315. The van der Waals surface area contributed by atoms with E-state index in [0.717, 1.165) is 16.7 Å². The molecule has 3 nitrogen and oxygen atoms in total. The standard InChI is InChI=1S/C25H24N2O/c1-18-15-22-16-19(13-14-23(22)27(18)2)17-26-25(28)24(20-9-5-3-6-10-20)21-11-7-4-8-12-21/h3-16,24H,17H2,1-2H3,(H,26,28). The van der Waals surface area contributed by atoms with E-state index in [4.69, 9.17) is 0 Å². The molecule has 0 fully saturated rings. The lowest BCUT2D eigenvalue weighted by Crippen LogP contribution is -2.29. The molecular formula is C25H24N2O. The molecule has 3 heteroatoms. The zero-order chi connectivity index (χ0) is 19.5. The summed E-state index contributed by atoms with van der Waals surface area (Å²) in [5.74, 6) is -0.299. The maximum atomic E-state index is 13.1. The summed E-state index contributed by atoms with van der Waals surface area (Å²) in [6, 6.07) is 28.4. The van der Waals surface area contributed by atoms with Crippen molar-refractivity contribution in [1.82, 2.24) is 9.88 Å². The Hall–Kier alpha value is -3.33. The van der Waals surface area contributed by atoms with E-state index in [-0.39, 0.29) is 11.8 Å². The lowest BCUT2D eigenvalue weighted by molar-refractivity contribution is -0.121. The third kappa shape index (κ3) is 3.56. The molecule has 1 aromatic heterocycles. The fraction of sp³-hybridized carbons (Fsp3) is 0.160. The molecule has 3 aromatic carbocycles. The van der Waals surface area contributed by atoms with Crippen molar-refractivity contribution in [2.45, 2.75) is 19.4 Å². The number of aromatic nitrogens is 1. The number of rotatable bonds is 5. The van der Waals surface area contributed by atoms with E-state index in [1.54, 1.807) is 0 Å². The highest BCUT2D eigenvalue weighted by atomic mass is 16.1. The van der Waals surface area contributed by atoms with Crippen molar-refractivity contribution in [1.29, 1.82) is 0 Å². The van der Waals surface area contributed by atoms with Crippen LogP contribution in [-0.2, 0) is 18.4 Å². The Morgan fingerprint density at radius 3 is 2.11 bits per heavy atom. The number of benzene rings is 3. The van der Waals surface area contributed by atoms with Crippen LogP contribution in [-0.4, -0.2) is 10.5 Å². The Morgan fingerprint density at radius 2 is 1.50 bits per heavy atom. The molecule has 0 atom stereocenters. The van der Waals surface area contributed by atoms with Gasteiger partial charge in [0, 0.05) is 30.2 Å². The summed E-state index contributed by atoms with van der Waals surface area (Å²) < 4.78 is 2.18. The van der Waals surface area contributed by atoms with Crippen molar-refractivity contribution in [3.8, 4) is 0 Å². The molecule has 0 aliphatic rings. The number of fused-ring (bicyclic) bond motifs is 1. The van der Waals surface area contributed by atoms with Crippen LogP contribution in [0.15, 0.2) is 84.9 Å². The normalized spacial score (nSPS) is 11.1. The minimum Gasteiger partial charge on any atom is -0.351 e. The van der Waals surface area contributed by atoms with Crippen LogP contribution in [0.2, 0.25) is 0 Å². The minimum absolute atomic E-state index is 0.0155. The zero-order valence-electron chi connectivity index (χ0n) is 16.2. The number of hydrogen-bond acceptors (Lipinski definition) is 1. The van der Waals surface area contributed by atoms with Crippen LogP contribution < -0.4 is 5.32 Å². The van der Waals surface area contributed by atoms with Crippen molar-refractivity contribution < 1.29 is 4.79 Å². The van der Waals surface area contributed by atoms with Gasteiger partial charge in [0.25, 0.3) is 0 Å². The molecule has 0 aliphatic heterocycles. The first kappa shape index (κ1) is 18.1. The van der Waals surface area contributed by atoms with Gasteiger partial charge in [-0.3, -0.25) is 4.79 Å². The van der Waals surface area contributed by atoms with Gasteiger partial charge in [0.15, 0.2) is 0 Å². The topological polar surface area (TPSA) is 34.0 Å². The van der Waals surface area contributed by atoms with Crippen molar-refractivity contribution >= 4 is 16.8 Å². The molecule has 0 radical (unpaired) electrons. The Balaban J connectivity index is 1.56. The molecule has 0 saturated carbocycles. The monoisotopic (exact) mass is 368 g/mol. The van der Waals surface area contributed by atoms with Crippen molar-refractivity contribution in [2.75, 3.05) is 0 Å². The van der Waals surface area contributed by atoms with E-state index in [9.17, 15) is 4.79 Å². The van der Waals surface area contributed by atoms with Crippen molar-refractivity contribution in [3.63, 3.8) is 0 Å². The fourth-order valence-electron chi connectivity index (χ4n) is 3.72. The number of hydrogen-bond donors (Lipinski definition) is 1. The van der Waals surface area contributed by atoms with Gasteiger partial charge in [-0.05, 0) is 41.8 Å². The van der Waals surface area contributed by atoms with Crippen LogP contribution in [0.1, 0.15) is 28.3 Å². The predicted molar refractivity (Wildman–Crippen MR) is 114 cm³/mol. The number of aryl methyl sites for hydroxylation is 2. The van der Waals surface area contributed by atoms with Crippen molar-refractivity contribution in [3.05, 3.63) is 107 Å². The lowest BCUT2D eigenvalue weighted by atomic mass is 9.90. The number of amides is 1. The van der Waals surface area contributed by atoms with Gasteiger partial charge in [-0.1, -0.05) is 66.7 Å². The van der Waals surface area contributed by atoms with E-state index in [2.05, 4.69) is 48.1 Å². The molecule has 4 rings (SSSR count). The summed E-state index contributed by atoms with van der Waals surface area (Å²) >= 11 is 0. The molecule has 1 heterocycles. The zero-order valence-corrected chi connectivity index (χ0v) is 16.2. The van der Waals surface area contributed by atoms with Gasteiger partial charge in [0.05, 0.1) is 5.92 Å². The summed E-state index contributed by atoms with van der Waals surface area (Å²) in [4.78, 5) is 13.1. The highest BCUT2D eigenvalue weighted by molar-refractivity contribution is 5.87. The summed E-state index contributed by atoms with van der Waals surface area (Å²) in [7, 11) is 2.07. The molecule has 4 aromatic rings. The molecule has 0 bridgehead atoms. The maximum absolute atomic E-state index is 13.1. The van der Waals surface area contributed by atoms with Crippen LogP contribution in [0.25, 0.3) is 10.9 Å². The van der Waals surface area contributed by atoms with Crippen LogP contribution >= 0.6 is 0 Å². The highest BCUT2D eigenvalue weighted by Gasteiger charge is 2.22. The molecular weight excluding hydrogens is 344 g/mol. The van der Waals surface area contributed by atoms with Crippen LogP contribution in [0.4, 0.5) is 0 Å². The number of nitrogens with one attached hydrogen (secondary N) is 1. The predicted octanol–water partition coefficient (Wildman–Crippen LogP) is 4.94. The molecule has 140 valence electrons. The first-order valence-electron chi connectivity index (χ1n) is 9.56. The van der Waals surface area contributed by atoms with E-state index in [1.165, 1.54) is 16.6 Å². The lowest BCUT2D eigenvalue weighted by Gasteiger charge is -2.18. The van der Waals surface area contributed by atoms with Crippen LogP contribution in [0, 0.1) is 6.92 Å². The van der Waals surface area contributed by atoms with Gasteiger partial charge in [0.2, 0.25) is 5.91 Å². The second-order valence-electron chi connectivity index (χ2n) is 7.21. The third-order valence-electron chi connectivity index (χ3n) is 5.34. The van der Waals surface area contributed by atoms with Gasteiger partial charge >= 0.3 is 0 Å². The molecule has 0 saturated heterocycles.